The minimum atomic E-state index is -1.16. The standard InChI is InChI=1S/C36H43ClF2N6O3/c1-35(2,3)48-34(46)45-24-15-27(39)30(45)20-43(18-24)32-25-11-14-42(29-10-5-8-22-7-4-9-26(37)31(22)29)19-28(25)40-33(41-32)47-21-36-12-6-13-44(36)17-23(38)16-36/h4-5,7-10,23-24,27,30H,6,11-21H2,1-3H3/t23-,24?,27?,30?,36?/m1/s1. The highest BCUT2D eigenvalue weighted by molar-refractivity contribution is 6.36. The first-order valence-electron chi connectivity index (χ1n) is 17.2. The van der Waals surface area contributed by atoms with Crippen LogP contribution in [-0.2, 0) is 17.7 Å². The fraction of sp³-hybridized carbons (Fsp3) is 0.583. The molecule has 256 valence electrons. The maximum atomic E-state index is 15.5. The maximum absolute atomic E-state index is 15.5. The van der Waals surface area contributed by atoms with Gasteiger partial charge >= 0.3 is 12.1 Å². The number of hydrogen-bond donors (Lipinski definition) is 0. The van der Waals surface area contributed by atoms with Crippen LogP contribution < -0.4 is 14.5 Å². The van der Waals surface area contributed by atoms with Crippen molar-refractivity contribution in [1.82, 2.24) is 19.8 Å². The molecule has 3 aromatic rings. The van der Waals surface area contributed by atoms with Crippen molar-refractivity contribution >= 4 is 40.0 Å². The van der Waals surface area contributed by atoms with Crippen LogP contribution in [0.3, 0.4) is 0 Å². The second-order valence-electron chi connectivity index (χ2n) is 15.2. The number of aromatic nitrogens is 2. The average molecular weight is 681 g/mol. The van der Waals surface area contributed by atoms with Crippen LogP contribution in [0.15, 0.2) is 36.4 Å². The number of rotatable bonds is 5. The van der Waals surface area contributed by atoms with Gasteiger partial charge in [-0.15, -0.1) is 0 Å². The third-order valence-corrected chi connectivity index (χ3v) is 11.1. The molecule has 1 aromatic heterocycles. The van der Waals surface area contributed by atoms with Crippen molar-refractivity contribution in [3.05, 3.63) is 52.7 Å². The van der Waals surface area contributed by atoms with Crippen LogP contribution in [0.5, 0.6) is 6.01 Å². The molecule has 0 spiro atoms. The molecule has 0 saturated carbocycles. The van der Waals surface area contributed by atoms with Crippen molar-refractivity contribution in [3.63, 3.8) is 0 Å². The lowest BCUT2D eigenvalue weighted by Gasteiger charge is -2.43. The van der Waals surface area contributed by atoms with Gasteiger partial charge in [-0.3, -0.25) is 9.80 Å². The molecule has 2 aromatic carbocycles. The molecule has 8 rings (SSSR count). The molecule has 4 unspecified atom stereocenters. The summed E-state index contributed by atoms with van der Waals surface area (Å²) in [7, 11) is 0. The number of hydrogen-bond acceptors (Lipinski definition) is 8. The van der Waals surface area contributed by atoms with Gasteiger partial charge in [0.2, 0.25) is 0 Å². The number of nitrogens with zero attached hydrogens (tertiary/aromatic N) is 6. The van der Waals surface area contributed by atoms with Crippen molar-refractivity contribution in [1.29, 1.82) is 0 Å². The summed E-state index contributed by atoms with van der Waals surface area (Å²) in [6.45, 7) is 9.07. The molecule has 2 bridgehead atoms. The third-order valence-electron chi connectivity index (χ3n) is 10.8. The lowest BCUT2D eigenvalue weighted by Crippen LogP contribution is -2.58. The molecule has 5 aliphatic heterocycles. The van der Waals surface area contributed by atoms with E-state index in [9.17, 15) is 9.18 Å². The van der Waals surface area contributed by atoms with Crippen LogP contribution in [0.2, 0.25) is 5.02 Å². The molecule has 1 amide bonds. The number of alkyl halides is 2. The van der Waals surface area contributed by atoms with E-state index in [2.05, 4.69) is 32.9 Å². The summed E-state index contributed by atoms with van der Waals surface area (Å²) in [5, 5.41) is 2.77. The number of amides is 1. The molecular formula is C36H43ClF2N6O3. The molecular weight excluding hydrogens is 638 g/mol. The van der Waals surface area contributed by atoms with Gasteiger partial charge in [0.15, 0.2) is 0 Å². The first kappa shape index (κ1) is 31.8. The fourth-order valence-corrected chi connectivity index (χ4v) is 9.05. The summed E-state index contributed by atoms with van der Waals surface area (Å²) in [4.78, 5) is 31.4. The maximum Gasteiger partial charge on any atom is 0.411 e. The Bertz CT molecular complexity index is 1730. The monoisotopic (exact) mass is 680 g/mol. The zero-order valence-corrected chi connectivity index (χ0v) is 28.6. The second kappa shape index (κ2) is 11.9. The second-order valence-corrected chi connectivity index (χ2v) is 15.6. The van der Waals surface area contributed by atoms with E-state index in [-0.39, 0.29) is 24.0 Å². The Kier molecular flexibility index (Phi) is 7.86. The van der Waals surface area contributed by atoms with Gasteiger partial charge < -0.3 is 19.3 Å². The Morgan fingerprint density at radius 2 is 1.88 bits per heavy atom. The Hall–Kier alpha value is -3.44. The number of halogens is 3. The molecule has 4 fully saturated rings. The van der Waals surface area contributed by atoms with E-state index in [0.717, 1.165) is 59.5 Å². The molecule has 9 nitrogen and oxygen atoms in total. The highest BCUT2D eigenvalue weighted by Gasteiger charge is 2.52. The lowest BCUT2D eigenvalue weighted by molar-refractivity contribution is 0.00949. The topological polar surface area (TPSA) is 74.3 Å². The Balaban J connectivity index is 1.13. The summed E-state index contributed by atoms with van der Waals surface area (Å²) < 4.78 is 42.2. The average Bonchev–Trinajstić information content (AvgIpc) is 3.63. The van der Waals surface area contributed by atoms with Crippen LogP contribution in [0.25, 0.3) is 10.8 Å². The Labute approximate surface area is 285 Å². The van der Waals surface area contributed by atoms with Crippen LogP contribution >= 0.6 is 11.6 Å². The summed E-state index contributed by atoms with van der Waals surface area (Å²) in [6, 6.07) is 11.4. The van der Waals surface area contributed by atoms with Crippen LogP contribution in [0.1, 0.15) is 57.7 Å². The van der Waals surface area contributed by atoms with E-state index < -0.39 is 30.1 Å². The van der Waals surface area contributed by atoms with Crippen molar-refractivity contribution in [2.75, 3.05) is 49.1 Å². The zero-order chi connectivity index (χ0) is 33.4. The predicted molar refractivity (Wildman–Crippen MR) is 182 cm³/mol. The third kappa shape index (κ3) is 5.60. The number of carbonyl (C=O) groups is 1. The quantitative estimate of drug-likeness (QED) is 0.309. The minimum absolute atomic E-state index is 0.254. The van der Waals surface area contributed by atoms with E-state index in [1.54, 1.807) is 4.90 Å². The number of benzene rings is 2. The first-order chi connectivity index (χ1) is 23.0. The predicted octanol–water partition coefficient (Wildman–Crippen LogP) is 6.34. The van der Waals surface area contributed by atoms with E-state index in [1.807, 2.05) is 39.0 Å². The summed E-state index contributed by atoms with van der Waals surface area (Å²) >= 11 is 6.73. The van der Waals surface area contributed by atoms with E-state index in [4.69, 9.17) is 31.0 Å². The molecule has 0 radical (unpaired) electrons. The largest absolute Gasteiger partial charge is 0.461 e. The van der Waals surface area contributed by atoms with Crippen molar-refractivity contribution in [2.24, 2.45) is 0 Å². The molecule has 5 atom stereocenters. The molecule has 0 aliphatic carbocycles. The lowest BCUT2D eigenvalue weighted by atomic mass is 9.95. The van der Waals surface area contributed by atoms with Gasteiger partial charge in [0.25, 0.3) is 0 Å². The van der Waals surface area contributed by atoms with Gasteiger partial charge in [0.05, 0.1) is 34.9 Å². The molecule has 5 aliphatic rings. The normalized spacial score (nSPS) is 28.6. The first-order valence-corrected chi connectivity index (χ1v) is 17.6. The minimum Gasteiger partial charge on any atom is -0.461 e. The van der Waals surface area contributed by atoms with E-state index in [1.165, 1.54) is 0 Å². The SMILES string of the molecule is CC(C)(C)OC(=O)N1C2CC(F)C1CN(c1nc(OCC34CCCN3C[C@H](F)C4)nc3c1CCN(c1cccc4cccc(Cl)c14)C3)C2. The van der Waals surface area contributed by atoms with Gasteiger partial charge in [0, 0.05) is 55.7 Å². The van der Waals surface area contributed by atoms with Gasteiger partial charge in [0.1, 0.15) is 30.4 Å². The van der Waals surface area contributed by atoms with Gasteiger partial charge in [-0.25, -0.2) is 13.6 Å². The van der Waals surface area contributed by atoms with Crippen LogP contribution in [-0.4, -0.2) is 101 Å². The molecule has 4 saturated heterocycles. The van der Waals surface area contributed by atoms with Crippen LogP contribution in [0, 0.1) is 0 Å². The summed E-state index contributed by atoms with van der Waals surface area (Å²) in [5.41, 5.74) is 1.88. The highest BCUT2D eigenvalue weighted by Crippen LogP contribution is 2.42. The fourth-order valence-electron chi connectivity index (χ4n) is 8.77. The van der Waals surface area contributed by atoms with Gasteiger partial charge in [-0.2, -0.15) is 9.97 Å². The zero-order valence-electron chi connectivity index (χ0n) is 27.8. The highest BCUT2D eigenvalue weighted by atomic mass is 35.5. The molecule has 6 heterocycles. The number of ether oxygens (including phenoxy) is 2. The van der Waals surface area contributed by atoms with Crippen LogP contribution in [0.4, 0.5) is 25.1 Å². The Morgan fingerprint density at radius 1 is 1.06 bits per heavy atom. The summed E-state index contributed by atoms with van der Waals surface area (Å²) in [6.07, 6.45) is 0.797. The van der Waals surface area contributed by atoms with Crippen molar-refractivity contribution < 1.29 is 23.0 Å². The smallest absolute Gasteiger partial charge is 0.411 e. The number of fused-ring (bicyclic) bond motifs is 5. The van der Waals surface area contributed by atoms with E-state index in [0.29, 0.717) is 50.7 Å². The summed E-state index contributed by atoms with van der Waals surface area (Å²) in [5.74, 6) is 0.731. The Morgan fingerprint density at radius 3 is 2.67 bits per heavy atom. The number of piperazine rings is 1. The number of anilines is 2. The number of carbonyl (C=O) groups excluding carboxylic acids is 1. The molecule has 0 N–H and O–H groups in total. The van der Waals surface area contributed by atoms with Gasteiger partial charge in [-0.1, -0.05) is 35.9 Å². The molecule has 12 heteroatoms. The molecule has 48 heavy (non-hydrogen) atoms. The van der Waals surface area contributed by atoms with E-state index >= 15 is 4.39 Å². The van der Waals surface area contributed by atoms with Gasteiger partial charge in [-0.05, 0) is 64.1 Å². The van der Waals surface area contributed by atoms with Crippen molar-refractivity contribution in [2.45, 2.75) is 95.0 Å². The van der Waals surface area contributed by atoms with Crippen molar-refractivity contribution in [3.8, 4) is 6.01 Å².